The maximum absolute atomic E-state index is 12.1. The average Bonchev–Trinajstić information content (AvgIpc) is 2.84. The highest BCUT2D eigenvalue weighted by Crippen LogP contribution is 2.21. The second-order valence-corrected chi connectivity index (χ2v) is 6.09. The Morgan fingerprint density at radius 3 is 2.71 bits per heavy atom. The molecule has 1 aromatic carbocycles. The third-order valence-corrected chi connectivity index (χ3v) is 4.10. The third kappa shape index (κ3) is 3.57. The lowest BCUT2D eigenvalue weighted by Crippen LogP contribution is -2.17. The SMILES string of the molecule is CCc1cn[nH]c1NS(=O)(=O)Cc1ccccc1[N+](=O)[O-]. The zero-order valence-electron chi connectivity index (χ0n) is 11.2. The van der Waals surface area contributed by atoms with E-state index in [0.717, 1.165) is 5.56 Å². The summed E-state index contributed by atoms with van der Waals surface area (Å²) in [5.41, 5.74) is 0.636. The van der Waals surface area contributed by atoms with Crippen LogP contribution in [0.4, 0.5) is 11.5 Å². The van der Waals surface area contributed by atoms with Crippen molar-refractivity contribution in [2.75, 3.05) is 4.72 Å². The lowest BCUT2D eigenvalue weighted by Gasteiger charge is -2.08. The van der Waals surface area contributed by atoms with E-state index < -0.39 is 20.7 Å². The van der Waals surface area contributed by atoms with Crippen LogP contribution in [0.15, 0.2) is 30.5 Å². The normalized spacial score (nSPS) is 11.3. The molecule has 21 heavy (non-hydrogen) atoms. The number of anilines is 1. The summed E-state index contributed by atoms with van der Waals surface area (Å²) < 4.78 is 26.6. The van der Waals surface area contributed by atoms with Gasteiger partial charge >= 0.3 is 0 Å². The van der Waals surface area contributed by atoms with Gasteiger partial charge in [-0.25, -0.2) is 8.42 Å². The van der Waals surface area contributed by atoms with Gasteiger partial charge in [0, 0.05) is 17.2 Å². The van der Waals surface area contributed by atoms with Crippen LogP contribution >= 0.6 is 0 Å². The number of rotatable bonds is 6. The van der Waals surface area contributed by atoms with Gasteiger partial charge in [0.15, 0.2) is 0 Å². The number of nitrogens with zero attached hydrogens (tertiary/aromatic N) is 2. The van der Waals surface area contributed by atoms with E-state index in [-0.39, 0.29) is 17.1 Å². The van der Waals surface area contributed by atoms with Crippen LogP contribution in [0.3, 0.4) is 0 Å². The standard InChI is InChI=1S/C12H14N4O4S/c1-2-9-7-13-14-12(9)15-21(19,20)8-10-5-3-4-6-11(10)16(17)18/h3-7H,2,8H2,1H3,(H2,13,14,15). The maximum atomic E-state index is 12.1. The molecule has 1 heterocycles. The summed E-state index contributed by atoms with van der Waals surface area (Å²) in [6, 6.07) is 5.75. The lowest BCUT2D eigenvalue weighted by atomic mass is 10.2. The zero-order chi connectivity index (χ0) is 15.5. The molecule has 0 unspecified atom stereocenters. The second kappa shape index (κ2) is 5.92. The monoisotopic (exact) mass is 310 g/mol. The molecule has 0 saturated heterocycles. The summed E-state index contributed by atoms with van der Waals surface area (Å²) >= 11 is 0. The number of benzene rings is 1. The minimum absolute atomic E-state index is 0.132. The van der Waals surface area contributed by atoms with Crippen LogP contribution in [0.5, 0.6) is 0 Å². The van der Waals surface area contributed by atoms with Gasteiger partial charge in [0.1, 0.15) is 11.6 Å². The molecule has 9 heteroatoms. The van der Waals surface area contributed by atoms with Crippen molar-refractivity contribution >= 4 is 21.5 Å². The first kappa shape index (κ1) is 15.0. The van der Waals surface area contributed by atoms with Crippen LogP contribution in [0.2, 0.25) is 0 Å². The molecule has 0 radical (unpaired) electrons. The number of hydrogen-bond acceptors (Lipinski definition) is 5. The molecule has 0 aliphatic heterocycles. The number of aromatic amines is 1. The Bertz CT molecular complexity index is 754. The zero-order valence-corrected chi connectivity index (χ0v) is 12.1. The Morgan fingerprint density at radius 1 is 1.33 bits per heavy atom. The van der Waals surface area contributed by atoms with Crippen molar-refractivity contribution in [3.05, 3.63) is 51.7 Å². The first-order valence-electron chi connectivity index (χ1n) is 6.18. The number of hydrogen-bond donors (Lipinski definition) is 2. The van der Waals surface area contributed by atoms with Crippen LogP contribution in [-0.2, 0) is 22.2 Å². The van der Waals surface area contributed by atoms with Crippen LogP contribution in [0, 0.1) is 10.1 Å². The molecule has 0 bridgehead atoms. The fraction of sp³-hybridized carbons (Fsp3) is 0.250. The number of aromatic nitrogens is 2. The molecule has 0 saturated carbocycles. The number of para-hydroxylation sites is 1. The third-order valence-electron chi connectivity index (χ3n) is 2.89. The van der Waals surface area contributed by atoms with Crippen molar-refractivity contribution in [2.24, 2.45) is 0 Å². The van der Waals surface area contributed by atoms with E-state index in [4.69, 9.17) is 0 Å². The molecule has 0 aliphatic carbocycles. The van der Waals surface area contributed by atoms with Gasteiger partial charge in [-0.1, -0.05) is 25.1 Å². The number of H-pyrrole nitrogens is 1. The fourth-order valence-corrected chi connectivity index (χ4v) is 3.09. The number of sulfonamides is 1. The Balaban J connectivity index is 2.24. The summed E-state index contributed by atoms with van der Waals surface area (Å²) in [6.07, 6.45) is 2.14. The first-order valence-corrected chi connectivity index (χ1v) is 7.83. The minimum Gasteiger partial charge on any atom is -0.267 e. The number of nitro benzene ring substituents is 1. The van der Waals surface area contributed by atoms with Crippen molar-refractivity contribution < 1.29 is 13.3 Å². The predicted octanol–water partition coefficient (Wildman–Crippen LogP) is 1.82. The van der Waals surface area contributed by atoms with Gasteiger partial charge in [0.2, 0.25) is 10.0 Å². The highest BCUT2D eigenvalue weighted by atomic mass is 32.2. The van der Waals surface area contributed by atoms with E-state index in [9.17, 15) is 18.5 Å². The van der Waals surface area contributed by atoms with Crippen LogP contribution < -0.4 is 4.72 Å². The van der Waals surface area contributed by atoms with Crippen molar-refractivity contribution in [1.82, 2.24) is 10.2 Å². The van der Waals surface area contributed by atoms with Gasteiger partial charge < -0.3 is 0 Å². The highest BCUT2D eigenvalue weighted by Gasteiger charge is 2.20. The van der Waals surface area contributed by atoms with Crippen molar-refractivity contribution in [1.29, 1.82) is 0 Å². The molecule has 0 aliphatic rings. The lowest BCUT2D eigenvalue weighted by molar-refractivity contribution is -0.385. The molecule has 2 N–H and O–H groups in total. The van der Waals surface area contributed by atoms with Crippen molar-refractivity contribution in [3.63, 3.8) is 0 Å². The number of nitro groups is 1. The Kier molecular flexibility index (Phi) is 4.22. The van der Waals surface area contributed by atoms with Crippen LogP contribution in [-0.4, -0.2) is 23.5 Å². The Hall–Kier alpha value is -2.42. The minimum atomic E-state index is -3.77. The summed E-state index contributed by atoms with van der Waals surface area (Å²) in [6.45, 7) is 1.87. The van der Waals surface area contributed by atoms with Crippen molar-refractivity contribution in [3.8, 4) is 0 Å². The van der Waals surface area contributed by atoms with Gasteiger partial charge in [0.05, 0.1) is 11.1 Å². The molecule has 112 valence electrons. The largest absolute Gasteiger partial charge is 0.273 e. The summed E-state index contributed by atoms with van der Waals surface area (Å²) in [4.78, 5) is 10.3. The second-order valence-electron chi connectivity index (χ2n) is 4.37. The van der Waals surface area contributed by atoms with Gasteiger partial charge in [-0.3, -0.25) is 19.9 Å². The number of nitrogens with one attached hydrogen (secondary N) is 2. The highest BCUT2D eigenvalue weighted by molar-refractivity contribution is 7.91. The summed E-state index contributed by atoms with van der Waals surface area (Å²) in [5, 5.41) is 17.2. The van der Waals surface area contributed by atoms with Gasteiger partial charge in [-0.15, -0.1) is 0 Å². The molecule has 0 amide bonds. The molecular formula is C12H14N4O4S. The Labute approximate surface area is 121 Å². The van der Waals surface area contributed by atoms with Gasteiger partial charge in [-0.2, -0.15) is 5.10 Å². The summed E-state index contributed by atoms with van der Waals surface area (Å²) in [5.74, 6) is -0.192. The van der Waals surface area contributed by atoms with E-state index in [1.165, 1.54) is 24.4 Å². The van der Waals surface area contributed by atoms with Crippen molar-refractivity contribution in [2.45, 2.75) is 19.1 Å². The van der Waals surface area contributed by atoms with Gasteiger partial charge in [-0.05, 0) is 6.42 Å². The van der Waals surface area contributed by atoms with Gasteiger partial charge in [0.25, 0.3) is 5.69 Å². The molecule has 0 fully saturated rings. The van der Waals surface area contributed by atoms with E-state index in [2.05, 4.69) is 14.9 Å². The fourth-order valence-electron chi connectivity index (χ4n) is 1.87. The molecule has 1 aromatic heterocycles. The predicted molar refractivity (Wildman–Crippen MR) is 77.3 cm³/mol. The number of aryl methyl sites for hydroxylation is 1. The molecule has 0 atom stereocenters. The molecule has 2 aromatic rings. The van der Waals surface area contributed by atoms with E-state index in [1.807, 2.05) is 6.92 Å². The van der Waals surface area contributed by atoms with E-state index in [0.29, 0.717) is 6.42 Å². The summed E-state index contributed by atoms with van der Waals surface area (Å²) in [7, 11) is -3.77. The van der Waals surface area contributed by atoms with E-state index >= 15 is 0 Å². The van der Waals surface area contributed by atoms with E-state index in [1.54, 1.807) is 6.07 Å². The van der Waals surface area contributed by atoms with Crippen LogP contribution in [0.25, 0.3) is 0 Å². The smallest absolute Gasteiger partial charge is 0.267 e. The first-order chi connectivity index (χ1) is 9.93. The van der Waals surface area contributed by atoms with Crippen LogP contribution in [0.1, 0.15) is 18.1 Å². The molecule has 2 rings (SSSR count). The quantitative estimate of drug-likeness (QED) is 0.623. The Morgan fingerprint density at radius 2 is 2.05 bits per heavy atom. The maximum Gasteiger partial charge on any atom is 0.273 e. The molecular weight excluding hydrogens is 296 g/mol. The topological polar surface area (TPSA) is 118 Å². The molecule has 0 spiro atoms. The average molecular weight is 310 g/mol. The molecule has 8 nitrogen and oxygen atoms in total.